The van der Waals surface area contributed by atoms with Crippen LogP contribution >= 0.6 is 0 Å². The van der Waals surface area contributed by atoms with E-state index in [0.29, 0.717) is 25.8 Å². The maximum atomic E-state index is 12.3. The van der Waals surface area contributed by atoms with Gasteiger partial charge in [0.25, 0.3) is 0 Å². The molecule has 3 atom stereocenters. The van der Waals surface area contributed by atoms with Crippen molar-refractivity contribution >= 4 is 11.8 Å². The zero-order valence-electron chi connectivity index (χ0n) is 11.5. The number of aliphatic hydroxyl groups is 1. The van der Waals surface area contributed by atoms with Crippen LogP contribution in [-0.2, 0) is 9.59 Å². The number of imide groups is 1. The van der Waals surface area contributed by atoms with E-state index in [9.17, 15) is 9.59 Å². The number of hydrogen-bond donors (Lipinski definition) is 1. The third-order valence-corrected chi connectivity index (χ3v) is 4.27. The van der Waals surface area contributed by atoms with Gasteiger partial charge in [-0.15, -0.1) is 0 Å². The normalized spacial score (nSPS) is 27.8. The molecular formula is C15H23NO3. The number of rotatable bonds is 6. The molecule has 2 amide bonds. The number of hydrogen-bond acceptors (Lipinski definition) is 3. The molecule has 0 aromatic heterocycles. The van der Waals surface area contributed by atoms with Crippen LogP contribution in [0.25, 0.3) is 0 Å². The molecule has 106 valence electrons. The zero-order valence-corrected chi connectivity index (χ0v) is 11.5. The Morgan fingerprint density at radius 3 is 2.26 bits per heavy atom. The second-order valence-corrected chi connectivity index (χ2v) is 5.61. The fourth-order valence-corrected chi connectivity index (χ4v) is 3.22. The zero-order chi connectivity index (χ0) is 13.8. The first-order valence-corrected chi connectivity index (χ1v) is 7.30. The molecule has 0 spiro atoms. The Kier molecular flexibility index (Phi) is 4.75. The molecule has 2 rings (SSSR count). The SMILES string of the molecule is CCCC(CCO)CN1C(=O)C2CC=CCC2C1=O. The summed E-state index contributed by atoms with van der Waals surface area (Å²) in [6.07, 6.45) is 8.04. The van der Waals surface area contributed by atoms with Gasteiger partial charge in [0.2, 0.25) is 11.8 Å². The summed E-state index contributed by atoms with van der Waals surface area (Å²) >= 11 is 0. The fourth-order valence-electron chi connectivity index (χ4n) is 3.22. The lowest BCUT2D eigenvalue weighted by Gasteiger charge is -2.22. The van der Waals surface area contributed by atoms with Gasteiger partial charge in [0.05, 0.1) is 11.8 Å². The van der Waals surface area contributed by atoms with Gasteiger partial charge < -0.3 is 5.11 Å². The lowest BCUT2D eigenvalue weighted by molar-refractivity contribution is -0.140. The molecule has 2 aliphatic rings. The van der Waals surface area contributed by atoms with Crippen LogP contribution in [0.15, 0.2) is 12.2 Å². The summed E-state index contributed by atoms with van der Waals surface area (Å²) in [5.41, 5.74) is 0. The predicted molar refractivity (Wildman–Crippen MR) is 72.2 cm³/mol. The molecule has 1 aliphatic heterocycles. The lowest BCUT2D eigenvalue weighted by Crippen LogP contribution is -2.36. The van der Waals surface area contributed by atoms with Crippen molar-refractivity contribution in [3.05, 3.63) is 12.2 Å². The highest BCUT2D eigenvalue weighted by molar-refractivity contribution is 6.05. The van der Waals surface area contributed by atoms with Crippen molar-refractivity contribution in [2.45, 2.75) is 39.0 Å². The standard InChI is InChI=1S/C15H23NO3/c1-2-5-11(8-9-17)10-16-14(18)12-6-3-4-7-13(12)15(16)19/h3-4,11-13,17H,2,5-10H2,1H3. The average molecular weight is 265 g/mol. The minimum Gasteiger partial charge on any atom is -0.396 e. The van der Waals surface area contributed by atoms with Crippen LogP contribution < -0.4 is 0 Å². The molecule has 0 aromatic rings. The molecule has 0 bridgehead atoms. The minimum absolute atomic E-state index is 0.00149. The van der Waals surface area contributed by atoms with Crippen LogP contribution in [0.4, 0.5) is 0 Å². The number of fused-ring (bicyclic) bond motifs is 1. The van der Waals surface area contributed by atoms with Crippen LogP contribution in [-0.4, -0.2) is 35.0 Å². The van der Waals surface area contributed by atoms with Crippen molar-refractivity contribution in [3.63, 3.8) is 0 Å². The number of aliphatic hydroxyl groups excluding tert-OH is 1. The van der Waals surface area contributed by atoms with Crippen molar-refractivity contribution < 1.29 is 14.7 Å². The second kappa shape index (κ2) is 6.33. The molecule has 1 fully saturated rings. The van der Waals surface area contributed by atoms with E-state index in [1.807, 2.05) is 12.2 Å². The maximum absolute atomic E-state index is 12.3. The average Bonchev–Trinajstić information content (AvgIpc) is 2.65. The smallest absolute Gasteiger partial charge is 0.233 e. The molecule has 1 heterocycles. The monoisotopic (exact) mass is 265 g/mol. The van der Waals surface area contributed by atoms with Crippen LogP contribution in [0.3, 0.4) is 0 Å². The third kappa shape index (κ3) is 2.89. The summed E-state index contributed by atoms with van der Waals surface area (Å²) in [5, 5.41) is 9.08. The molecular weight excluding hydrogens is 242 g/mol. The highest BCUT2D eigenvalue weighted by Crippen LogP contribution is 2.35. The van der Waals surface area contributed by atoms with Crippen LogP contribution in [0.1, 0.15) is 39.0 Å². The highest BCUT2D eigenvalue weighted by atomic mass is 16.3. The molecule has 0 radical (unpaired) electrons. The first-order valence-electron chi connectivity index (χ1n) is 7.30. The van der Waals surface area contributed by atoms with Crippen LogP contribution in [0.5, 0.6) is 0 Å². The number of carbonyl (C=O) groups excluding carboxylic acids is 2. The molecule has 0 saturated carbocycles. The van der Waals surface area contributed by atoms with Crippen molar-refractivity contribution in [1.82, 2.24) is 4.90 Å². The molecule has 4 nitrogen and oxygen atoms in total. The molecule has 4 heteroatoms. The Labute approximate surface area is 114 Å². The molecule has 1 saturated heterocycles. The number of likely N-dealkylation sites (tertiary alicyclic amines) is 1. The summed E-state index contributed by atoms with van der Waals surface area (Å²) in [6.45, 7) is 2.69. The van der Waals surface area contributed by atoms with E-state index in [-0.39, 0.29) is 36.2 Å². The van der Waals surface area contributed by atoms with E-state index in [1.165, 1.54) is 4.90 Å². The summed E-state index contributed by atoms with van der Waals surface area (Å²) < 4.78 is 0. The number of nitrogens with zero attached hydrogens (tertiary/aromatic N) is 1. The van der Waals surface area contributed by atoms with E-state index in [0.717, 1.165) is 12.8 Å². The van der Waals surface area contributed by atoms with E-state index in [1.54, 1.807) is 0 Å². The lowest BCUT2D eigenvalue weighted by atomic mass is 9.85. The first kappa shape index (κ1) is 14.3. The Hall–Kier alpha value is -1.16. The van der Waals surface area contributed by atoms with E-state index >= 15 is 0 Å². The van der Waals surface area contributed by atoms with Gasteiger partial charge in [0.15, 0.2) is 0 Å². The van der Waals surface area contributed by atoms with Gasteiger partial charge in [0, 0.05) is 13.2 Å². The van der Waals surface area contributed by atoms with Gasteiger partial charge in [0.1, 0.15) is 0 Å². The molecule has 19 heavy (non-hydrogen) atoms. The minimum atomic E-state index is -0.131. The Balaban J connectivity index is 2.04. The van der Waals surface area contributed by atoms with Crippen molar-refractivity contribution in [1.29, 1.82) is 0 Å². The Morgan fingerprint density at radius 2 is 1.79 bits per heavy atom. The van der Waals surface area contributed by atoms with Gasteiger partial charge in [-0.25, -0.2) is 0 Å². The summed E-state index contributed by atoms with van der Waals surface area (Å²) in [4.78, 5) is 26.1. The molecule has 1 aliphatic carbocycles. The van der Waals surface area contributed by atoms with Gasteiger partial charge in [-0.3, -0.25) is 14.5 Å². The Bertz CT molecular complexity index is 346. The predicted octanol–water partition coefficient (Wildman–Crippen LogP) is 1.74. The van der Waals surface area contributed by atoms with Gasteiger partial charge in [-0.05, 0) is 31.6 Å². The summed E-state index contributed by atoms with van der Waals surface area (Å²) in [5.74, 6) is -0.0318. The summed E-state index contributed by atoms with van der Waals surface area (Å²) in [6, 6.07) is 0. The van der Waals surface area contributed by atoms with Crippen molar-refractivity contribution in [2.24, 2.45) is 17.8 Å². The van der Waals surface area contributed by atoms with E-state index < -0.39 is 0 Å². The number of carbonyl (C=O) groups is 2. The first-order chi connectivity index (χ1) is 9.19. The maximum Gasteiger partial charge on any atom is 0.233 e. The van der Waals surface area contributed by atoms with E-state index in [4.69, 9.17) is 5.11 Å². The van der Waals surface area contributed by atoms with Crippen LogP contribution in [0, 0.1) is 17.8 Å². The second-order valence-electron chi connectivity index (χ2n) is 5.61. The number of amides is 2. The molecule has 3 unspecified atom stereocenters. The highest BCUT2D eigenvalue weighted by Gasteiger charge is 2.47. The van der Waals surface area contributed by atoms with Crippen LogP contribution in [0.2, 0.25) is 0 Å². The number of allylic oxidation sites excluding steroid dienone is 2. The Morgan fingerprint density at radius 1 is 1.21 bits per heavy atom. The van der Waals surface area contributed by atoms with E-state index in [2.05, 4.69) is 6.92 Å². The van der Waals surface area contributed by atoms with Crippen molar-refractivity contribution in [3.8, 4) is 0 Å². The topological polar surface area (TPSA) is 57.6 Å². The fraction of sp³-hybridized carbons (Fsp3) is 0.733. The molecule has 0 aromatic carbocycles. The molecule has 1 N–H and O–H groups in total. The van der Waals surface area contributed by atoms with Gasteiger partial charge in [-0.1, -0.05) is 25.5 Å². The van der Waals surface area contributed by atoms with Gasteiger partial charge in [-0.2, -0.15) is 0 Å². The van der Waals surface area contributed by atoms with Crippen molar-refractivity contribution in [2.75, 3.05) is 13.2 Å². The largest absolute Gasteiger partial charge is 0.396 e. The quantitative estimate of drug-likeness (QED) is 0.588. The summed E-state index contributed by atoms with van der Waals surface area (Å²) in [7, 11) is 0. The van der Waals surface area contributed by atoms with Gasteiger partial charge >= 0.3 is 0 Å². The third-order valence-electron chi connectivity index (χ3n) is 4.27.